The van der Waals surface area contributed by atoms with Crippen molar-refractivity contribution in [2.24, 2.45) is 5.10 Å². The van der Waals surface area contributed by atoms with Gasteiger partial charge in [0.05, 0.1) is 40.8 Å². The molecule has 3 aromatic carbocycles. The molecule has 14 heteroatoms. The van der Waals surface area contributed by atoms with E-state index in [2.05, 4.69) is 10.1 Å². The van der Waals surface area contributed by atoms with Crippen LogP contribution in [0.2, 0.25) is 0 Å². The van der Waals surface area contributed by atoms with Crippen molar-refractivity contribution in [1.29, 1.82) is 0 Å². The van der Waals surface area contributed by atoms with Gasteiger partial charge in [-0.3, -0.25) is 14.9 Å². The predicted octanol–water partition coefficient (Wildman–Crippen LogP) is 5.60. The number of aromatic nitrogens is 2. The zero-order valence-corrected chi connectivity index (χ0v) is 23.1. The quantitative estimate of drug-likeness (QED) is 0.0996. The second-order valence-corrected chi connectivity index (χ2v) is 8.96. The van der Waals surface area contributed by atoms with Gasteiger partial charge in [-0.2, -0.15) is 22.9 Å². The number of hydrogen-bond donors (Lipinski definition) is 0. The van der Waals surface area contributed by atoms with Crippen molar-refractivity contribution in [3.05, 3.63) is 92.3 Å². The number of nitro groups is 1. The van der Waals surface area contributed by atoms with E-state index in [0.29, 0.717) is 0 Å². The maximum absolute atomic E-state index is 13.5. The zero-order chi connectivity index (χ0) is 31.3. The standard InChI is InChI=1S/C29H25F3N4O7/c1-4-41-24-14-18(13-23(36(39)40)25(24)43-17(3)28(38)42-5-2)16-33-35-26(19-9-8-10-20(15-19)29(30,31)32)34-22-12-7-6-11-21(22)27(35)37/h6-17H,4-5H2,1-3H3/t17-/m1/s1. The molecule has 0 N–H and O–H groups in total. The number of nitrogens with zero attached hydrogens (tertiary/aromatic N) is 4. The number of para-hydroxylation sites is 1. The normalized spacial score (nSPS) is 12.3. The van der Waals surface area contributed by atoms with Gasteiger partial charge < -0.3 is 14.2 Å². The molecule has 0 fully saturated rings. The van der Waals surface area contributed by atoms with Gasteiger partial charge in [0.25, 0.3) is 5.56 Å². The third kappa shape index (κ3) is 6.80. The number of fused-ring (bicyclic) bond motifs is 1. The molecule has 0 saturated carbocycles. The Balaban J connectivity index is 1.87. The van der Waals surface area contributed by atoms with Gasteiger partial charge in [0.1, 0.15) is 0 Å². The van der Waals surface area contributed by atoms with Crippen LogP contribution in [-0.2, 0) is 15.7 Å². The lowest BCUT2D eigenvalue weighted by Gasteiger charge is -2.17. The van der Waals surface area contributed by atoms with E-state index >= 15 is 0 Å². The molecule has 0 amide bonds. The summed E-state index contributed by atoms with van der Waals surface area (Å²) in [7, 11) is 0. The van der Waals surface area contributed by atoms with Crippen molar-refractivity contribution >= 4 is 28.8 Å². The molecule has 11 nitrogen and oxygen atoms in total. The number of hydrogen-bond acceptors (Lipinski definition) is 9. The molecule has 1 heterocycles. The topological polar surface area (TPSA) is 135 Å². The number of nitro benzene ring substituents is 1. The molecule has 0 radical (unpaired) electrons. The van der Waals surface area contributed by atoms with Crippen molar-refractivity contribution in [1.82, 2.24) is 9.66 Å². The van der Waals surface area contributed by atoms with Gasteiger partial charge >= 0.3 is 17.8 Å². The van der Waals surface area contributed by atoms with Crippen molar-refractivity contribution < 1.29 is 37.1 Å². The Morgan fingerprint density at radius 1 is 1.12 bits per heavy atom. The number of halogens is 3. The van der Waals surface area contributed by atoms with E-state index in [0.717, 1.165) is 29.1 Å². The number of carbonyl (C=O) groups is 1. The minimum absolute atomic E-state index is 0.0347. The van der Waals surface area contributed by atoms with Gasteiger partial charge in [0.15, 0.2) is 17.7 Å². The van der Waals surface area contributed by atoms with Crippen molar-refractivity contribution in [2.45, 2.75) is 33.1 Å². The summed E-state index contributed by atoms with van der Waals surface area (Å²) in [6.45, 7) is 4.75. The monoisotopic (exact) mass is 598 g/mol. The van der Waals surface area contributed by atoms with E-state index in [1.54, 1.807) is 26.0 Å². The SMILES string of the molecule is CCOC(=O)[C@@H](C)Oc1c(OCC)cc(C=Nn2c(-c3cccc(C(F)(F)F)c3)nc3ccccc3c2=O)cc1[N+](=O)[O-]. The van der Waals surface area contributed by atoms with Gasteiger partial charge in [0, 0.05) is 17.2 Å². The Bertz CT molecular complexity index is 1770. The molecule has 0 saturated heterocycles. The lowest BCUT2D eigenvalue weighted by Crippen LogP contribution is -2.26. The Labute approximate surface area is 242 Å². The van der Waals surface area contributed by atoms with Crippen LogP contribution in [0.3, 0.4) is 0 Å². The molecule has 0 unspecified atom stereocenters. The Hall–Kier alpha value is -5.27. The van der Waals surface area contributed by atoms with Gasteiger partial charge in [-0.25, -0.2) is 9.78 Å². The molecule has 4 rings (SSSR count). The average Bonchev–Trinajstić information content (AvgIpc) is 2.97. The molecular weight excluding hydrogens is 573 g/mol. The van der Waals surface area contributed by atoms with Crippen LogP contribution < -0.4 is 15.0 Å². The number of carbonyl (C=O) groups excluding carboxylic acids is 1. The summed E-state index contributed by atoms with van der Waals surface area (Å²) in [5, 5.41) is 16.3. The molecule has 4 aromatic rings. The first-order chi connectivity index (χ1) is 20.4. The first-order valence-electron chi connectivity index (χ1n) is 13.0. The summed E-state index contributed by atoms with van der Waals surface area (Å²) in [5.74, 6) is -1.33. The van der Waals surface area contributed by atoms with E-state index in [1.165, 1.54) is 37.3 Å². The van der Waals surface area contributed by atoms with Crippen molar-refractivity contribution in [3.63, 3.8) is 0 Å². The molecule has 0 aliphatic carbocycles. The fourth-order valence-corrected chi connectivity index (χ4v) is 4.06. The molecule has 0 bridgehead atoms. The van der Waals surface area contributed by atoms with E-state index in [-0.39, 0.29) is 52.6 Å². The minimum atomic E-state index is -4.65. The second-order valence-electron chi connectivity index (χ2n) is 8.96. The average molecular weight is 599 g/mol. The summed E-state index contributed by atoms with van der Waals surface area (Å²) in [6, 6.07) is 12.9. The fraction of sp³-hybridized carbons (Fsp3) is 0.241. The maximum Gasteiger partial charge on any atom is 0.416 e. The highest BCUT2D eigenvalue weighted by Gasteiger charge is 2.31. The van der Waals surface area contributed by atoms with Crippen LogP contribution in [0.4, 0.5) is 18.9 Å². The van der Waals surface area contributed by atoms with Crippen LogP contribution in [0.15, 0.2) is 70.6 Å². The summed E-state index contributed by atoms with van der Waals surface area (Å²) in [6.07, 6.45) is -4.75. The first-order valence-corrected chi connectivity index (χ1v) is 13.0. The van der Waals surface area contributed by atoms with Crippen LogP contribution in [0.1, 0.15) is 31.9 Å². The molecule has 0 aliphatic heterocycles. The number of esters is 1. The summed E-state index contributed by atoms with van der Waals surface area (Å²) in [4.78, 5) is 41.2. The van der Waals surface area contributed by atoms with Crippen LogP contribution >= 0.6 is 0 Å². The van der Waals surface area contributed by atoms with Gasteiger partial charge in [-0.1, -0.05) is 24.3 Å². The van der Waals surface area contributed by atoms with Crippen LogP contribution in [0.25, 0.3) is 22.3 Å². The third-order valence-electron chi connectivity index (χ3n) is 5.99. The minimum Gasteiger partial charge on any atom is -0.490 e. The summed E-state index contributed by atoms with van der Waals surface area (Å²) in [5.41, 5.74) is -1.91. The largest absolute Gasteiger partial charge is 0.490 e. The van der Waals surface area contributed by atoms with Gasteiger partial charge in [-0.05, 0) is 51.1 Å². The summed E-state index contributed by atoms with van der Waals surface area (Å²) >= 11 is 0. The zero-order valence-electron chi connectivity index (χ0n) is 23.1. The lowest BCUT2D eigenvalue weighted by molar-refractivity contribution is -0.386. The number of rotatable bonds is 10. The first kappa shape index (κ1) is 30.7. The van der Waals surface area contributed by atoms with Gasteiger partial charge in [0.2, 0.25) is 5.75 Å². The van der Waals surface area contributed by atoms with E-state index in [4.69, 9.17) is 14.2 Å². The molecule has 224 valence electrons. The van der Waals surface area contributed by atoms with E-state index in [9.17, 15) is 32.9 Å². The Morgan fingerprint density at radius 2 is 1.86 bits per heavy atom. The Morgan fingerprint density at radius 3 is 2.53 bits per heavy atom. The van der Waals surface area contributed by atoms with Crippen LogP contribution in [0, 0.1) is 10.1 Å². The second kappa shape index (κ2) is 12.7. The smallest absolute Gasteiger partial charge is 0.416 e. The molecule has 0 spiro atoms. The van der Waals surface area contributed by atoms with Crippen LogP contribution in [-0.4, -0.2) is 46.1 Å². The van der Waals surface area contributed by atoms with E-state index in [1.807, 2.05) is 0 Å². The molecule has 1 atom stereocenters. The van der Waals surface area contributed by atoms with E-state index < -0.39 is 40.0 Å². The highest BCUT2D eigenvalue weighted by molar-refractivity contribution is 5.84. The molecular formula is C29H25F3N4O7. The predicted molar refractivity (Wildman–Crippen MR) is 150 cm³/mol. The third-order valence-corrected chi connectivity index (χ3v) is 5.99. The lowest BCUT2D eigenvalue weighted by atomic mass is 10.1. The van der Waals surface area contributed by atoms with Gasteiger partial charge in [-0.15, -0.1) is 0 Å². The molecule has 43 heavy (non-hydrogen) atoms. The number of alkyl halides is 3. The number of ether oxygens (including phenoxy) is 3. The van der Waals surface area contributed by atoms with Crippen molar-refractivity contribution in [3.8, 4) is 22.9 Å². The highest BCUT2D eigenvalue weighted by Crippen LogP contribution is 2.39. The molecule has 1 aromatic heterocycles. The molecule has 0 aliphatic rings. The fourth-order valence-electron chi connectivity index (χ4n) is 4.06. The van der Waals surface area contributed by atoms with Crippen LogP contribution in [0.5, 0.6) is 11.5 Å². The van der Waals surface area contributed by atoms with Crippen molar-refractivity contribution in [2.75, 3.05) is 13.2 Å². The Kier molecular flexibility index (Phi) is 9.07. The maximum atomic E-state index is 13.5. The highest BCUT2D eigenvalue weighted by atomic mass is 19.4. The number of benzene rings is 3. The summed E-state index contributed by atoms with van der Waals surface area (Å²) < 4.78 is 57.2.